The summed E-state index contributed by atoms with van der Waals surface area (Å²) in [4.78, 5) is 15.1. The average Bonchev–Trinajstić information content (AvgIpc) is 2.59. The third kappa shape index (κ3) is 3.26. The molecule has 1 N–H and O–H groups in total. The Morgan fingerprint density at radius 1 is 1.18 bits per heavy atom. The van der Waals surface area contributed by atoms with Gasteiger partial charge in [-0.1, -0.05) is 36.4 Å². The molecular weight excluding hydrogens is 298 g/mol. The Balaban J connectivity index is 1.74. The molecule has 2 aromatic rings. The molecule has 0 unspecified atom stereocenters. The van der Waals surface area contributed by atoms with Crippen molar-refractivity contribution in [1.29, 1.82) is 0 Å². The highest BCUT2D eigenvalue weighted by atomic mass is 32.2. The summed E-state index contributed by atoms with van der Waals surface area (Å²) in [6.07, 6.45) is -0.347. The van der Waals surface area contributed by atoms with E-state index in [-0.39, 0.29) is 19.3 Å². The number of hydrogen-bond acceptors (Lipinski definition) is 4. The van der Waals surface area contributed by atoms with Crippen LogP contribution in [-0.2, 0) is 18.0 Å². The molecule has 3 rings (SSSR count). The molecule has 1 aliphatic rings. The summed E-state index contributed by atoms with van der Waals surface area (Å²) in [6, 6.07) is 15.3. The third-order valence-corrected chi connectivity index (χ3v) is 4.54. The molecule has 22 heavy (non-hydrogen) atoms. The Morgan fingerprint density at radius 3 is 2.77 bits per heavy atom. The van der Waals surface area contributed by atoms with E-state index in [1.807, 2.05) is 48.5 Å². The van der Waals surface area contributed by atoms with Gasteiger partial charge < -0.3 is 9.84 Å². The number of aliphatic hydroxyl groups is 1. The predicted molar refractivity (Wildman–Crippen MR) is 87.1 cm³/mol. The fourth-order valence-electron chi connectivity index (χ4n) is 2.35. The van der Waals surface area contributed by atoms with Crippen LogP contribution < -0.4 is 4.90 Å². The second-order valence-corrected chi connectivity index (χ2v) is 6.14. The summed E-state index contributed by atoms with van der Waals surface area (Å²) in [5.74, 6) is 0.839. The zero-order valence-electron chi connectivity index (χ0n) is 12.1. The van der Waals surface area contributed by atoms with E-state index >= 15 is 0 Å². The summed E-state index contributed by atoms with van der Waals surface area (Å²) in [5, 5.41) is 9.27. The van der Waals surface area contributed by atoms with Crippen molar-refractivity contribution in [2.24, 2.45) is 0 Å². The molecule has 1 heterocycles. The van der Waals surface area contributed by atoms with E-state index in [1.54, 1.807) is 16.7 Å². The maximum atomic E-state index is 12.4. The highest BCUT2D eigenvalue weighted by Crippen LogP contribution is 2.35. The fraction of sp³-hybridized carbons (Fsp3) is 0.235. The number of thioether (sulfide) groups is 1. The van der Waals surface area contributed by atoms with Crippen LogP contribution in [0.15, 0.2) is 53.4 Å². The molecule has 0 saturated carbocycles. The topological polar surface area (TPSA) is 49.8 Å². The molecule has 0 fully saturated rings. The van der Waals surface area contributed by atoms with Crippen LogP contribution in [0.2, 0.25) is 0 Å². The molecule has 2 aromatic carbocycles. The van der Waals surface area contributed by atoms with Gasteiger partial charge in [0.2, 0.25) is 0 Å². The summed E-state index contributed by atoms with van der Waals surface area (Å²) in [5.41, 5.74) is 2.58. The van der Waals surface area contributed by atoms with Crippen molar-refractivity contribution in [3.63, 3.8) is 0 Å². The van der Waals surface area contributed by atoms with Crippen molar-refractivity contribution in [3.8, 4) is 0 Å². The lowest BCUT2D eigenvalue weighted by atomic mass is 10.2. The smallest absolute Gasteiger partial charge is 0.414 e. The second-order valence-electron chi connectivity index (χ2n) is 5.00. The van der Waals surface area contributed by atoms with Gasteiger partial charge in [-0.25, -0.2) is 4.79 Å². The molecule has 5 heteroatoms. The number of amides is 1. The predicted octanol–water partition coefficient (Wildman–Crippen LogP) is 3.43. The normalized spacial score (nSPS) is 13.6. The minimum Gasteiger partial charge on any atom is -0.444 e. The van der Waals surface area contributed by atoms with Crippen molar-refractivity contribution in [2.75, 3.05) is 17.2 Å². The van der Waals surface area contributed by atoms with E-state index in [4.69, 9.17) is 4.74 Å². The molecule has 0 spiro atoms. The Labute approximate surface area is 133 Å². The number of ether oxygens (including phenoxy) is 1. The Bertz CT molecular complexity index is 660. The van der Waals surface area contributed by atoms with Gasteiger partial charge >= 0.3 is 6.09 Å². The van der Waals surface area contributed by atoms with Gasteiger partial charge in [-0.05, 0) is 23.3 Å². The quantitative estimate of drug-likeness (QED) is 0.943. The first-order chi connectivity index (χ1) is 10.8. The average molecular weight is 315 g/mol. The molecule has 1 aliphatic heterocycles. The van der Waals surface area contributed by atoms with Gasteiger partial charge in [0, 0.05) is 17.2 Å². The lowest BCUT2D eigenvalue weighted by molar-refractivity contribution is 0.147. The minimum absolute atomic E-state index is 0.0369. The van der Waals surface area contributed by atoms with E-state index in [9.17, 15) is 9.90 Å². The van der Waals surface area contributed by atoms with Crippen molar-refractivity contribution in [1.82, 2.24) is 0 Å². The molecule has 114 valence electrons. The lowest BCUT2D eigenvalue weighted by Crippen LogP contribution is -2.35. The molecule has 1 amide bonds. The minimum atomic E-state index is -0.347. The second kappa shape index (κ2) is 6.85. The van der Waals surface area contributed by atoms with E-state index in [1.165, 1.54) is 0 Å². The van der Waals surface area contributed by atoms with Crippen LogP contribution in [0.1, 0.15) is 11.1 Å². The van der Waals surface area contributed by atoms with Crippen molar-refractivity contribution in [3.05, 3.63) is 59.7 Å². The highest BCUT2D eigenvalue weighted by molar-refractivity contribution is 7.99. The van der Waals surface area contributed by atoms with Crippen LogP contribution in [0.4, 0.5) is 10.5 Å². The van der Waals surface area contributed by atoms with Gasteiger partial charge in [0.05, 0.1) is 12.3 Å². The Kier molecular flexibility index (Phi) is 4.65. The number of aliphatic hydroxyl groups excluding tert-OH is 1. The standard InChI is InChI=1S/C17H17NO3S/c19-11-14-6-7-16-15(10-14)18(8-9-22-16)17(20)21-12-13-4-2-1-3-5-13/h1-7,10,19H,8-9,11-12H2. The summed E-state index contributed by atoms with van der Waals surface area (Å²) in [6.45, 7) is 0.837. The molecule has 0 bridgehead atoms. The van der Waals surface area contributed by atoms with Gasteiger partial charge in [0.15, 0.2) is 0 Å². The maximum Gasteiger partial charge on any atom is 0.414 e. The van der Waals surface area contributed by atoms with Gasteiger partial charge in [0.1, 0.15) is 6.61 Å². The SMILES string of the molecule is O=C(OCc1ccccc1)N1CCSc2ccc(CO)cc21. The van der Waals surface area contributed by atoms with Crippen LogP contribution in [0.25, 0.3) is 0 Å². The number of rotatable bonds is 3. The van der Waals surface area contributed by atoms with Gasteiger partial charge in [-0.2, -0.15) is 0 Å². The first kappa shape index (κ1) is 14.9. The van der Waals surface area contributed by atoms with Crippen molar-refractivity contribution >= 4 is 23.5 Å². The molecule has 0 aromatic heterocycles. The maximum absolute atomic E-state index is 12.4. The number of benzene rings is 2. The first-order valence-corrected chi connectivity index (χ1v) is 8.11. The summed E-state index contributed by atoms with van der Waals surface area (Å²) >= 11 is 1.71. The van der Waals surface area contributed by atoms with E-state index in [0.29, 0.717) is 6.54 Å². The summed E-state index contributed by atoms with van der Waals surface area (Å²) in [7, 11) is 0. The molecule has 0 saturated heterocycles. The van der Waals surface area contributed by atoms with E-state index < -0.39 is 0 Å². The molecule has 0 atom stereocenters. The Morgan fingerprint density at radius 2 is 2.00 bits per heavy atom. The van der Waals surface area contributed by atoms with Gasteiger partial charge in [0.25, 0.3) is 0 Å². The van der Waals surface area contributed by atoms with Crippen molar-refractivity contribution < 1.29 is 14.6 Å². The molecule has 4 nitrogen and oxygen atoms in total. The van der Waals surface area contributed by atoms with E-state index in [2.05, 4.69) is 0 Å². The van der Waals surface area contributed by atoms with Crippen LogP contribution >= 0.6 is 11.8 Å². The third-order valence-electron chi connectivity index (χ3n) is 3.49. The molecular formula is C17H17NO3S. The molecule has 0 aliphatic carbocycles. The van der Waals surface area contributed by atoms with Gasteiger partial charge in [-0.3, -0.25) is 4.90 Å². The molecule has 0 radical (unpaired) electrons. The number of nitrogens with zero attached hydrogens (tertiary/aromatic N) is 1. The van der Waals surface area contributed by atoms with Crippen LogP contribution in [0.3, 0.4) is 0 Å². The van der Waals surface area contributed by atoms with Crippen LogP contribution in [0.5, 0.6) is 0 Å². The number of carbonyl (C=O) groups excluding carboxylic acids is 1. The monoisotopic (exact) mass is 315 g/mol. The largest absolute Gasteiger partial charge is 0.444 e. The zero-order chi connectivity index (χ0) is 15.4. The number of anilines is 1. The van der Waals surface area contributed by atoms with Crippen molar-refractivity contribution in [2.45, 2.75) is 18.1 Å². The lowest BCUT2D eigenvalue weighted by Gasteiger charge is -2.28. The number of hydrogen-bond donors (Lipinski definition) is 1. The Hall–Kier alpha value is -1.98. The number of carbonyl (C=O) groups is 1. The highest BCUT2D eigenvalue weighted by Gasteiger charge is 2.24. The van der Waals surface area contributed by atoms with Crippen LogP contribution in [-0.4, -0.2) is 23.5 Å². The number of fused-ring (bicyclic) bond motifs is 1. The summed E-state index contributed by atoms with van der Waals surface area (Å²) < 4.78 is 5.41. The zero-order valence-corrected chi connectivity index (χ0v) is 12.9. The van der Waals surface area contributed by atoms with Crippen LogP contribution in [0, 0.1) is 0 Å². The van der Waals surface area contributed by atoms with E-state index in [0.717, 1.165) is 27.5 Å². The first-order valence-electron chi connectivity index (χ1n) is 7.13. The fourth-order valence-corrected chi connectivity index (χ4v) is 3.32. The van der Waals surface area contributed by atoms with Gasteiger partial charge in [-0.15, -0.1) is 11.8 Å².